The topological polar surface area (TPSA) is 98.8 Å². The van der Waals surface area contributed by atoms with E-state index in [1.165, 1.54) is 0 Å². The van der Waals surface area contributed by atoms with Crippen LogP contribution < -0.4 is 5.32 Å². The molecule has 3 N–H and O–H groups in total. The van der Waals surface area contributed by atoms with Crippen molar-refractivity contribution in [1.82, 2.24) is 10.1 Å². The third-order valence-corrected chi connectivity index (χ3v) is 4.65. The van der Waals surface area contributed by atoms with Crippen molar-refractivity contribution < 1.29 is 19.5 Å². The van der Waals surface area contributed by atoms with Gasteiger partial charge in [0.25, 0.3) is 0 Å². The monoisotopic (exact) mass is 325 g/mol. The molecule has 0 radical (unpaired) electrons. The largest absolute Gasteiger partial charge is 0.395 e. The zero-order chi connectivity index (χ0) is 17.3. The maximum atomic E-state index is 12.6. The Bertz CT molecular complexity index is 545. The number of amides is 1. The second-order valence-electron chi connectivity index (χ2n) is 7.35. The SMILES string of the molecule is CC(C)(CO)c1cc(NC(=O)C(C)(C)N2CCC(O)CC2)on1. The van der Waals surface area contributed by atoms with Gasteiger partial charge in [0.15, 0.2) is 0 Å². The van der Waals surface area contributed by atoms with Gasteiger partial charge in [0.05, 0.1) is 23.9 Å². The maximum Gasteiger partial charge on any atom is 0.246 e. The van der Waals surface area contributed by atoms with E-state index in [9.17, 15) is 15.0 Å². The number of hydrogen-bond acceptors (Lipinski definition) is 6. The lowest BCUT2D eigenvalue weighted by molar-refractivity contribution is -0.127. The van der Waals surface area contributed by atoms with E-state index in [1.807, 2.05) is 27.7 Å². The predicted octanol–water partition coefficient (Wildman–Crippen LogP) is 1.12. The first kappa shape index (κ1) is 17.9. The number of likely N-dealkylation sites (tertiary alicyclic amines) is 1. The van der Waals surface area contributed by atoms with Crippen molar-refractivity contribution in [3.63, 3.8) is 0 Å². The molecule has 1 aliphatic heterocycles. The average molecular weight is 325 g/mol. The summed E-state index contributed by atoms with van der Waals surface area (Å²) in [5, 5.41) is 25.6. The van der Waals surface area contributed by atoms with Crippen molar-refractivity contribution >= 4 is 11.8 Å². The molecule has 1 aliphatic rings. The minimum Gasteiger partial charge on any atom is -0.395 e. The molecule has 0 atom stereocenters. The van der Waals surface area contributed by atoms with Crippen LogP contribution in [0.1, 0.15) is 46.2 Å². The van der Waals surface area contributed by atoms with Gasteiger partial charge in [-0.2, -0.15) is 0 Å². The molecule has 130 valence electrons. The van der Waals surface area contributed by atoms with Gasteiger partial charge in [0.2, 0.25) is 11.8 Å². The fourth-order valence-corrected chi connectivity index (χ4v) is 2.57. The highest BCUT2D eigenvalue weighted by Gasteiger charge is 2.37. The average Bonchev–Trinajstić information content (AvgIpc) is 2.97. The van der Waals surface area contributed by atoms with Crippen LogP contribution in [0.5, 0.6) is 0 Å². The van der Waals surface area contributed by atoms with Crippen molar-refractivity contribution in [3.05, 3.63) is 11.8 Å². The lowest BCUT2D eigenvalue weighted by Crippen LogP contribution is -2.55. The van der Waals surface area contributed by atoms with Gasteiger partial charge in [-0.15, -0.1) is 0 Å². The molecule has 2 rings (SSSR count). The van der Waals surface area contributed by atoms with Crippen LogP contribution >= 0.6 is 0 Å². The first-order valence-electron chi connectivity index (χ1n) is 7.99. The highest BCUT2D eigenvalue weighted by Crippen LogP contribution is 2.26. The van der Waals surface area contributed by atoms with Crippen molar-refractivity contribution in [2.24, 2.45) is 0 Å². The van der Waals surface area contributed by atoms with Crippen LogP contribution in [0.15, 0.2) is 10.6 Å². The van der Waals surface area contributed by atoms with E-state index in [2.05, 4.69) is 15.4 Å². The number of aliphatic hydroxyl groups excluding tert-OH is 2. The van der Waals surface area contributed by atoms with E-state index >= 15 is 0 Å². The smallest absolute Gasteiger partial charge is 0.246 e. The molecule has 0 aliphatic carbocycles. The van der Waals surface area contributed by atoms with Crippen molar-refractivity contribution in [2.45, 2.75) is 57.6 Å². The van der Waals surface area contributed by atoms with Gasteiger partial charge in [0, 0.05) is 24.6 Å². The molecule has 2 heterocycles. The standard InChI is InChI=1S/C16H27N3O4/c1-15(2,10-20)12-9-13(23-18-12)17-14(22)16(3,4)19-7-5-11(21)6-8-19/h9,11,20-21H,5-8,10H2,1-4H3,(H,17,22). The molecule has 0 spiro atoms. The Balaban J connectivity index is 2.03. The Morgan fingerprint density at radius 3 is 2.57 bits per heavy atom. The Kier molecular flexibility index (Phi) is 5.13. The fourth-order valence-electron chi connectivity index (χ4n) is 2.57. The van der Waals surface area contributed by atoms with Crippen LogP contribution in [0.2, 0.25) is 0 Å². The van der Waals surface area contributed by atoms with Crippen LogP contribution in [0, 0.1) is 0 Å². The van der Waals surface area contributed by atoms with E-state index in [0.29, 0.717) is 31.6 Å². The molecule has 0 aromatic carbocycles. The lowest BCUT2D eigenvalue weighted by atomic mass is 9.91. The number of carbonyl (C=O) groups is 1. The maximum absolute atomic E-state index is 12.6. The molecule has 1 saturated heterocycles. The summed E-state index contributed by atoms with van der Waals surface area (Å²) < 4.78 is 5.17. The van der Waals surface area contributed by atoms with Gasteiger partial charge in [-0.05, 0) is 26.7 Å². The Morgan fingerprint density at radius 1 is 1.39 bits per heavy atom. The highest BCUT2D eigenvalue weighted by molar-refractivity contribution is 5.96. The summed E-state index contributed by atoms with van der Waals surface area (Å²) >= 11 is 0. The minimum absolute atomic E-state index is 0.0610. The molecule has 0 saturated carbocycles. The second-order valence-corrected chi connectivity index (χ2v) is 7.35. The highest BCUT2D eigenvalue weighted by atomic mass is 16.5. The van der Waals surface area contributed by atoms with Gasteiger partial charge in [-0.3, -0.25) is 15.0 Å². The molecule has 1 aromatic rings. The minimum atomic E-state index is -0.709. The molecule has 1 fully saturated rings. The molecule has 1 amide bonds. The molecule has 23 heavy (non-hydrogen) atoms. The first-order valence-corrected chi connectivity index (χ1v) is 7.99. The summed E-state index contributed by atoms with van der Waals surface area (Å²) in [7, 11) is 0. The zero-order valence-corrected chi connectivity index (χ0v) is 14.3. The van der Waals surface area contributed by atoms with Gasteiger partial charge in [-0.1, -0.05) is 19.0 Å². The Labute approximate surface area is 136 Å². The number of hydrogen-bond donors (Lipinski definition) is 3. The molecular weight excluding hydrogens is 298 g/mol. The van der Waals surface area contributed by atoms with Gasteiger partial charge in [0.1, 0.15) is 0 Å². The normalized spacial score (nSPS) is 18.2. The van der Waals surface area contributed by atoms with E-state index in [0.717, 1.165) is 0 Å². The number of rotatable bonds is 5. The fraction of sp³-hybridized carbons (Fsp3) is 0.750. The Morgan fingerprint density at radius 2 is 2.00 bits per heavy atom. The molecule has 0 bridgehead atoms. The van der Waals surface area contributed by atoms with E-state index < -0.39 is 11.0 Å². The van der Waals surface area contributed by atoms with Crippen molar-refractivity contribution in [1.29, 1.82) is 0 Å². The summed E-state index contributed by atoms with van der Waals surface area (Å²) in [6.07, 6.45) is 1.07. The van der Waals surface area contributed by atoms with Crippen molar-refractivity contribution in [2.75, 3.05) is 25.0 Å². The zero-order valence-electron chi connectivity index (χ0n) is 14.3. The summed E-state index contributed by atoms with van der Waals surface area (Å²) in [6, 6.07) is 1.64. The third-order valence-electron chi connectivity index (χ3n) is 4.65. The van der Waals surface area contributed by atoms with E-state index in [-0.39, 0.29) is 24.5 Å². The molecule has 7 nitrogen and oxygen atoms in total. The number of aliphatic hydroxyl groups is 2. The molecule has 1 aromatic heterocycles. The number of nitrogens with zero attached hydrogens (tertiary/aromatic N) is 2. The summed E-state index contributed by atoms with van der Waals surface area (Å²) in [5.41, 5.74) is -0.640. The van der Waals surface area contributed by atoms with E-state index in [1.54, 1.807) is 6.07 Å². The Hall–Kier alpha value is -1.44. The second kappa shape index (κ2) is 6.59. The number of piperidine rings is 1. The third kappa shape index (κ3) is 3.91. The van der Waals surface area contributed by atoms with Crippen LogP contribution in [0.4, 0.5) is 5.88 Å². The quantitative estimate of drug-likeness (QED) is 0.750. The summed E-state index contributed by atoms with van der Waals surface area (Å²) in [6.45, 7) is 8.71. The number of carbonyl (C=O) groups excluding carboxylic acids is 1. The van der Waals surface area contributed by atoms with Gasteiger partial charge < -0.3 is 14.7 Å². The number of anilines is 1. The number of nitrogens with one attached hydrogen (secondary N) is 1. The lowest BCUT2D eigenvalue weighted by Gasteiger charge is -2.40. The van der Waals surface area contributed by atoms with Crippen LogP contribution in [-0.4, -0.2) is 57.5 Å². The summed E-state index contributed by atoms with van der Waals surface area (Å²) in [5.74, 6) is 0.0926. The van der Waals surface area contributed by atoms with Gasteiger partial charge in [-0.25, -0.2) is 0 Å². The van der Waals surface area contributed by atoms with Crippen LogP contribution in [0.3, 0.4) is 0 Å². The molecule has 7 heteroatoms. The summed E-state index contributed by atoms with van der Waals surface area (Å²) in [4.78, 5) is 14.7. The molecular formula is C16H27N3O4. The predicted molar refractivity (Wildman–Crippen MR) is 86.1 cm³/mol. The first-order chi connectivity index (χ1) is 10.7. The van der Waals surface area contributed by atoms with Crippen LogP contribution in [-0.2, 0) is 10.2 Å². The van der Waals surface area contributed by atoms with Crippen molar-refractivity contribution in [3.8, 4) is 0 Å². The van der Waals surface area contributed by atoms with Gasteiger partial charge >= 0.3 is 0 Å². The number of aromatic nitrogens is 1. The van der Waals surface area contributed by atoms with E-state index in [4.69, 9.17) is 4.52 Å². The molecule has 0 unspecified atom stereocenters. The van der Waals surface area contributed by atoms with Crippen LogP contribution in [0.25, 0.3) is 0 Å².